The van der Waals surface area contributed by atoms with Crippen LogP contribution in [0.5, 0.6) is 0 Å². The highest BCUT2D eigenvalue weighted by molar-refractivity contribution is 5.68. The van der Waals surface area contributed by atoms with Crippen molar-refractivity contribution < 1.29 is 22.7 Å². The molecule has 1 atom stereocenters. The van der Waals surface area contributed by atoms with Crippen LogP contribution in [0.15, 0.2) is 54.6 Å². The summed E-state index contributed by atoms with van der Waals surface area (Å²) in [5.74, 6) is 0. The maximum atomic E-state index is 13.2. The summed E-state index contributed by atoms with van der Waals surface area (Å²) >= 11 is 0. The lowest BCUT2D eigenvalue weighted by Crippen LogP contribution is -2.38. The lowest BCUT2D eigenvalue weighted by atomic mass is 10.0. The Morgan fingerprint density at radius 2 is 1.79 bits per heavy atom. The van der Waals surface area contributed by atoms with Gasteiger partial charge in [0.25, 0.3) is 0 Å². The van der Waals surface area contributed by atoms with Gasteiger partial charge in [-0.25, -0.2) is 4.79 Å². The number of hydrogen-bond acceptors (Lipinski definition) is 3. The minimum absolute atomic E-state index is 0.114. The van der Waals surface area contributed by atoms with Gasteiger partial charge in [0.1, 0.15) is 6.61 Å². The van der Waals surface area contributed by atoms with Crippen molar-refractivity contribution in [3.8, 4) is 0 Å². The Morgan fingerprint density at radius 1 is 1.10 bits per heavy atom. The summed E-state index contributed by atoms with van der Waals surface area (Å²) in [6.45, 7) is 2.34. The average Bonchev–Trinajstić information content (AvgIpc) is 3.23. The van der Waals surface area contributed by atoms with Gasteiger partial charge in [-0.15, -0.1) is 0 Å². The molecule has 4 nitrogen and oxygen atoms in total. The molecule has 0 spiro atoms. The van der Waals surface area contributed by atoms with Crippen molar-refractivity contribution in [1.29, 1.82) is 0 Å². The molecule has 0 bridgehead atoms. The van der Waals surface area contributed by atoms with E-state index in [2.05, 4.69) is 4.90 Å². The Balaban J connectivity index is 1.78. The number of carbonyl (C=O) groups excluding carboxylic acids is 1. The Kier molecular flexibility index (Phi) is 6.79. The lowest BCUT2D eigenvalue weighted by molar-refractivity contribution is -0.137. The van der Waals surface area contributed by atoms with E-state index in [9.17, 15) is 18.0 Å². The Hall–Kier alpha value is -2.54. The van der Waals surface area contributed by atoms with Crippen molar-refractivity contribution >= 4 is 6.09 Å². The molecule has 0 radical (unpaired) electrons. The molecule has 0 aliphatic carbocycles. The number of benzene rings is 2. The van der Waals surface area contributed by atoms with Gasteiger partial charge < -0.3 is 14.5 Å². The average molecular weight is 406 g/mol. The number of halogens is 3. The number of amides is 1. The maximum Gasteiger partial charge on any atom is 0.416 e. The first-order valence-corrected chi connectivity index (χ1v) is 9.67. The summed E-state index contributed by atoms with van der Waals surface area (Å²) in [5, 5.41) is 0. The van der Waals surface area contributed by atoms with Gasteiger partial charge >= 0.3 is 12.3 Å². The van der Waals surface area contributed by atoms with Crippen LogP contribution < -0.4 is 0 Å². The fourth-order valence-electron chi connectivity index (χ4n) is 3.53. The standard InChI is InChI=1S/C22H25F3N2O2/c1-26(21(28)29-16-17-8-3-2-4-9-17)20(15-27-12-5-6-13-27)18-10-7-11-19(14-18)22(23,24)25/h2-4,7-11,14,20H,5-6,12-13,15-16H2,1H3. The van der Waals surface area contributed by atoms with Crippen LogP contribution in [0.1, 0.15) is 35.6 Å². The van der Waals surface area contributed by atoms with Gasteiger partial charge in [0.05, 0.1) is 11.6 Å². The largest absolute Gasteiger partial charge is 0.445 e. The molecule has 1 aliphatic heterocycles. The Bertz CT molecular complexity index is 805. The number of ether oxygens (including phenoxy) is 1. The minimum Gasteiger partial charge on any atom is -0.445 e. The molecule has 2 aromatic rings. The Labute approximate surface area is 168 Å². The van der Waals surface area contributed by atoms with Crippen LogP contribution in [0.2, 0.25) is 0 Å². The zero-order chi connectivity index (χ0) is 20.9. The summed E-state index contributed by atoms with van der Waals surface area (Å²) < 4.78 is 45.0. The molecule has 0 saturated carbocycles. The van der Waals surface area contributed by atoms with E-state index in [0.717, 1.165) is 43.6 Å². The lowest BCUT2D eigenvalue weighted by Gasteiger charge is -2.31. The minimum atomic E-state index is -4.43. The normalized spacial score (nSPS) is 15.9. The summed E-state index contributed by atoms with van der Waals surface area (Å²) in [6.07, 6.45) is -2.88. The molecular formula is C22H25F3N2O2. The second-order valence-corrected chi connectivity index (χ2v) is 7.30. The number of rotatable bonds is 6. The molecule has 2 aromatic carbocycles. The number of carbonyl (C=O) groups is 1. The molecular weight excluding hydrogens is 381 g/mol. The van der Waals surface area contributed by atoms with E-state index in [1.165, 1.54) is 11.0 Å². The second kappa shape index (κ2) is 9.31. The van der Waals surface area contributed by atoms with E-state index >= 15 is 0 Å². The third kappa shape index (κ3) is 5.73. The number of likely N-dealkylation sites (N-methyl/N-ethyl adjacent to an activating group) is 1. The van der Waals surface area contributed by atoms with Crippen molar-refractivity contribution in [3.05, 3.63) is 71.3 Å². The topological polar surface area (TPSA) is 32.8 Å². The fraction of sp³-hybridized carbons (Fsp3) is 0.409. The molecule has 1 aliphatic rings. The predicted molar refractivity (Wildman–Crippen MR) is 104 cm³/mol. The molecule has 1 heterocycles. The third-order valence-electron chi connectivity index (χ3n) is 5.19. The van der Waals surface area contributed by atoms with Crippen LogP contribution in [-0.4, -0.2) is 42.6 Å². The molecule has 156 valence electrons. The van der Waals surface area contributed by atoms with Crippen LogP contribution >= 0.6 is 0 Å². The first-order valence-electron chi connectivity index (χ1n) is 9.67. The van der Waals surface area contributed by atoms with E-state index in [1.54, 1.807) is 13.1 Å². The molecule has 0 N–H and O–H groups in total. The fourth-order valence-corrected chi connectivity index (χ4v) is 3.53. The third-order valence-corrected chi connectivity index (χ3v) is 5.19. The summed E-state index contributed by atoms with van der Waals surface area (Å²) in [4.78, 5) is 16.2. The molecule has 29 heavy (non-hydrogen) atoms. The number of alkyl halides is 3. The molecule has 0 aromatic heterocycles. The van der Waals surface area contributed by atoms with Gasteiger partial charge in [0.15, 0.2) is 0 Å². The zero-order valence-electron chi connectivity index (χ0n) is 16.4. The quantitative estimate of drug-likeness (QED) is 0.668. The summed E-state index contributed by atoms with van der Waals surface area (Å²) in [5.41, 5.74) is 0.586. The van der Waals surface area contributed by atoms with E-state index in [0.29, 0.717) is 12.1 Å². The predicted octanol–water partition coefficient (Wildman–Crippen LogP) is 5.11. The van der Waals surface area contributed by atoms with Gasteiger partial charge in [-0.05, 0) is 49.2 Å². The van der Waals surface area contributed by atoms with Crippen LogP contribution in [-0.2, 0) is 17.5 Å². The number of likely N-dealkylation sites (tertiary alicyclic amines) is 1. The van der Waals surface area contributed by atoms with Crippen molar-refractivity contribution in [2.75, 3.05) is 26.7 Å². The molecule has 1 amide bonds. The highest BCUT2D eigenvalue weighted by atomic mass is 19.4. The first kappa shape index (κ1) is 21.2. The van der Waals surface area contributed by atoms with E-state index in [4.69, 9.17) is 4.74 Å². The van der Waals surface area contributed by atoms with Crippen LogP contribution in [0, 0.1) is 0 Å². The monoisotopic (exact) mass is 406 g/mol. The van der Waals surface area contributed by atoms with Crippen molar-refractivity contribution in [2.45, 2.75) is 31.7 Å². The van der Waals surface area contributed by atoms with Gasteiger partial charge in [-0.2, -0.15) is 13.2 Å². The molecule has 3 rings (SSSR count). The molecule has 1 fully saturated rings. The smallest absolute Gasteiger partial charge is 0.416 e. The van der Waals surface area contributed by atoms with Gasteiger partial charge in [0, 0.05) is 13.6 Å². The van der Waals surface area contributed by atoms with Crippen molar-refractivity contribution in [2.24, 2.45) is 0 Å². The highest BCUT2D eigenvalue weighted by Gasteiger charge is 2.33. The zero-order valence-corrected chi connectivity index (χ0v) is 16.4. The Morgan fingerprint density at radius 3 is 2.45 bits per heavy atom. The van der Waals surface area contributed by atoms with Gasteiger partial charge in [0.2, 0.25) is 0 Å². The van der Waals surface area contributed by atoms with E-state index in [1.807, 2.05) is 30.3 Å². The summed E-state index contributed by atoms with van der Waals surface area (Å²) in [7, 11) is 1.58. The van der Waals surface area contributed by atoms with Crippen LogP contribution in [0.3, 0.4) is 0 Å². The van der Waals surface area contributed by atoms with Crippen LogP contribution in [0.25, 0.3) is 0 Å². The van der Waals surface area contributed by atoms with Crippen molar-refractivity contribution in [1.82, 2.24) is 9.80 Å². The molecule has 1 saturated heterocycles. The maximum absolute atomic E-state index is 13.2. The molecule has 1 unspecified atom stereocenters. The molecule has 7 heteroatoms. The second-order valence-electron chi connectivity index (χ2n) is 7.30. The van der Waals surface area contributed by atoms with Gasteiger partial charge in [-0.1, -0.05) is 42.5 Å². The van der Waals surface area contributed by atoms with Gasteiger partial charge in [-0.3, -0.25) is 0 Å². The van der Waals surface area contributed by atoms with Crippen LogP contribution in [0.4, 0.5) is 18.0 Å². The first-order chi connectivity index (χ1) is 13.8. The van der Waals surface area contributed by atoms with E-state index in [-0.39, 0.29) is 6.61 Å². The summed E-state index contributed by atoms with van der Waals surface area (Å²) in [6, 6.07) is 13.9. The number of nitrogens with zero attached hydrogens (tertiary/aromatic N) is 2. The SMILES string of the molecule is CN(C(=O)OCc1ccccc1)C(CN1CCCC1)c1cccc(C(F)(F)F)c1. The highest BCUT2D eigenvalue weighted by Crippen LogP contribution is 2.32. The van der Waals surface area contributed by atoms with E-state index < -0.39 is 23.9 Å². The van der Waals surface area contributed by atoms with Crippen molar-refractivity contribution in [3.63, 3.8) is 0 Å². The number of hydrogen-bond donors (Lipinski definition) is 0.